The molecule has 7 heteroatoms. The van der Waals surface area contributed by atoms with E-state index < -0.39 is 0 Å². The first-order valence-corrected chi connectivity index (χ1v) is 9.75. The molecule has 0 radical (unpaired) electrons. The van der Waals surface area contributed by atoms with Crippen LogP contribution < -0.4 is 5.56 Å². The van der Waals surface area contributed by atoms with Gasteiger partial charge in [0, 0.05) is 6.54 Å². The van der Waals surface area contributed by atoms with Crippen LogP contribution in [0.25, 0.3) is 16.0 Å². The van der Waals surface area contributed by atoms with Crippen LogP contribution in [0.15, 0.2) is 51.7 Å². The molecule has 5 nitrogen and oxygen atoms in total. The Labute approximate surface area is 147 Å². The predicted molar refractivity (Wildman–Crippen MR) is 99.3 cm³/mol. The lowest BCUT2D eigenvalue weighted by molar-refractivity contribution is 0.588. The van der Waals surface area contributed by atoms with Crippen molar-refractivity contribution in [2.24, 2.45) is 0 Å². The van der Waals surface area contributed by atoms with Gasteiger partial charge in [-0.3, -0.25) is 13.8 Å². The highest BCUT2D eigenvalue weighted by Crippen LogP contribution is 2.24. The van der Waals surface area contributed by atoms with E-state index in [-0.39, 0.29) is 11.5 Å². The van der Waals surface area contributed by atoms with Crippen LogP contribution in [0.5, 0.6) is 0 Å². The molecule has 3 aromatic heterocycles. The zero-order valence-corrected chi connectivity index (χ0v) is 15.0. The maximum absolute atomic E-state index is 13.0. The summed E-state index contributed by atoms with van der Waals surface area (Å²) in [5, 5.41) is 11.3. The van der Waals surface area contributed by atoms with Crippen LogP contribution in [0, 0.1) is 0 Å². The molecule has 3 heterocycles. The average Bonchev–Trinajstić information content (AvgIpc) is 3.25. The Kier molecular flexibility index (Phi) is 3.90. The second-order valence-corrected chi connectivity index (χ2v) is 7.37. The Bertz CT molecular complexity index is 1060. The predicted octanol–water partition coefficient (Wildman–Crippen LogP) is 3.63. The third-order valence-electron chi connectivity index (χ3n) is 4.19. The van der Waals surface area contributed by atoms with Crippen molar-refractivity contribution < 1.29 is 0 Å². The Morgan fingerprint density at radius 2 is 2.00 bits per heavy atom. The number of nitrogens with zero attached hydrogens (tertiary/aromatic N) is 4. The molecule has 0 N–H and O–H groups in total. The lowest BCUT2D eigenvalue weighted by atomic mass is 10.0. The van der Waals surface area contributed by atoms with Gasteiger partial charge in [-0.1, -0.05) is 49.0 Å². The van der Waals surface area contributed by atoms with Gasteiger partial charge in [-0.15, -0.1) is 21.5 Å². The molecule has 0 fully saturated rings. The monoisotopic (exact) mass is 356 g/mol. The second kappa shape index (κ2) is 6.07. The molecule has 1 unspecified atom stereocenters. The highest BCUT2D eigenvalue weighted by atomic mass is 32.2. The van der Waals surface area contributed by atoms with Gasteiger partial charge < -0.3 is 0 Å². The number of hydrogen-bond donors (Lipinski definition) is 0. The van der Waals surface area contributed by atoms with E-state index in [0.717, 1.165) is 15.4 Å². The largest absolute Gasteiger partial charge is 0.275 e. The van der Waals surface area contributed by atoms with Crippen molar-refractivity contribution in [1.82, 2.24) is 19.2 Å². The highest BCUT2D eigenvalue weighted by molar-refractivity contribution is 7.98. The number of thioether (sulfide) groups is 1. The Hall–Kier alpha value is -2.12. The number of thiophene rings is 1. The van der Waals surface area contributed by atoms with E-state index in [2.05, 4.69) is 29.3 Å². The van der Waals surface area contributed by atoms with Crippen molar-refractivity contribution in [1.29, 1.82) is 0 Å². The van der Waals surface area contributed by atoms with Gasteiger partial charge in [-0.05, 0) is 29.2 Å². The van der Waals surface area contributed by atoms with Gasteiger partial charge in [0.1, 0.15) is 4.70 Å². The average molecular weight is 356 g/mol. The van der Waals surface area contributed by atoms with Gasteiger partial charge >= 0.3 is 0 Å². The number of hydrogen-bond acceptors (Lipinski definition) is 5. The topological polar surface area (TPSA) is 52.2 Å². The SMILES string of the molecule is CSc1nnc2n(CC(C)c3ccccc3)c(=O)c3sccc3n12. The van der Waals surface area contributed by atoms with E-state index in [9.17, 15) is 4.79 Å². The standard InChI is InChI=1S/C17H16N4OS2/c1-11(12-6-4-3-5-7-12)10-20-15(22)14-13(8-9-24-14)21-16(20)18-19-17(21)23-2/h3-9,11H,10H2,1-2H3. The Morgan fingerprint density at radius 1 is 1.21 bits per heavy atom. The van der Waals surface area contributed by atoms with E-state index in [1.807, 2.05) is 40.3 Å². The van der Waals surface area contributed by atoms with Gasteiger partial charge in [-0.2, -0.15) is 0 Å². The Balaban J connectivity index is 1.92. The molecule has 122 valence electrons. The van der Waals surface area contributed by atoms with Crippen molar-refractivity contribution in [3.8, 4) is 0 Å². The van der Waals surface area contributed by atoms with Gasteiger partial charge in [0.15, 0.2) is 5.16 Å². The van der Waals surface area contributed by atoms with Gasteiger partial charge in [0.2, 0.25) is 5.78 Å². The van der Waals surface area contributed by atoms with Gasteiger partial charge in [0.25, 0.3) is 5.56 Å². The molecule has 4 rings (SSSR count). The fraction of sp³-hybridized carbons (Fsp3) is 0.235. The molecule has 1 atom stereocenters. The second-order valence-electron chi connectivity index (χ2n) is 5.68. The molecule has 0 aliphatic heterocycles. The normalized spacial score (nSPS) is 12.9. The summed E-state index contributed by atoms with van der Waals surface area (Å²) in [6.45, 7) is 2.70. The molecular formula is C17H16N4OS2. The van der Waals surface area contributed by atoms with Crippen molar-refractivity contribution >= 4 is 39.1 Å². The first kappa shape index (κ1) is 15.4. The number of fused-ring (bicyclic) bond motifs is 3. The van der Waals surface area contributed by atoms with Crippen LogP contribution in [-0.4, -0.2) is 25.4 Å². The number of benzene rings is 1. The lowest BCUT2D eigenvalue weighted by Gasteiger charge is -2.15. The summed E-state index contributed by atoms with van der Waals surface area (Å²) < 4.78 is 4.48. The zero-order valence-electron chi connectivity index (χ0n) is 13.3. The van der Waals surface area contributed by atoms with Gasteiger partial charge in [0.05, 0.1) is 5.52 Å². The summed E-state index contributed by atoms with van der Waals surface area (Å²) in [6.07, 6.45) is 1.97. The van der Waals surface area contributed by atoms with Crippen molar-refractivity contribution in [3.05, 3.63) is 57.7 Å². The molecule has 24 heavy (non-hydrogen) atoms. The van der Waals surface area contributed by atoms with Crippen LogP contribution >= 0.6 is 23.1 Å². The van der Waals surface area contributed by atoms with Crippen molar-refractivity contribution in [2.45, 2.75) is 24.5 Å². The molecular weight excluding hydrogens is 340 g/mol. The zero-order chi connectivity index (χ0) is 16.7. The smallest absolute Gasteiger partial charge is 0.272 e. The molecule has 0 spiro atoms. The summed E-state index contributed by atoms with van der Waals surface area (Å²) in [5.74, 6) is 0.817. The molecule has 0 aliphatic carbocycles. The number of aromatic nitrogens is 4. The van der Waals surface area contributed by atoms with Crippen LogP contribution in [0.2, 0.25) is 0 Å². The summed E-state index contributed by atoms with van der Waals surface area (Å²) in [4.78, 5) is 13.0. The molecule has 1 aromatic carbocycles. The van der Waals surface area contributed by atoms with Crippen LogP contribution in [0.4, 0.5) is 0 Å². The fourth-order valence-corrected chi connectivity index (χ4v) is 4.27. The van der Waals surface area contributed by atoms with Crippen LogP contribution in [-0.2, 0) is 6.54 Å². The molecule has 0 saturated heterocycles. The maximum atomic E-state index is 13.0. The van der Waals surface area contributed by atoms with Crippen LogP contribution in [0.3, 0.4) is 0 Å². The van der Waals surface area contributed by atoms with E-state index in [1.165, 1.54) is 28.7 Å². The third kappa shape index (κ3) is 2.35. The first-order chi connectivity index (χ1) is 11.7. The van der Waals surface area contributed by atoms with Crippen LogP contribution in [0.1, 0.15) is 18.4 Å². The fourth-order valence-electron chi connectivity index (χ4n) is 2.96. The molecule has 0 bridgehead atoms. The third-order valence-corrected chi connectivity index (χ3v) is 5.71. The summed E-state index contributed by atoms with van der Waals surface area (Å²) in [5.41, 5.74) is 2.10. The van der Waals surface area contributed by atoms with E-state index in [4.69, 9.17) is 0 Å². The van der Waals surface area contributed by atoms with E-state index in [0.29, 0.717) is 12.3 Å². The highest BCUT2D eigenvalue weighted by Gasteiger charge is 2.18. The van der Waals surface area contributed by atoms with E-state index in [1.54, 1.807) is 4.57 Å². The lowest BCUT2D eigenvalue weighted by Crippen LogP contribution is -2.24. The van der Waals surface area contributed by atoms with E-state index >= 15 is 0 Å². The first-order valence-electron chi connectivity index (χ1n) is 7.64. The minimum absolute atomic E-state index is 0.00957. The molecule has 4 aromatic rings. The Morgan fingerprint density at radius 3 is 2.75 bits per heavy atom. The molecule has 0 aliphatic rings. The summed E-state index contributed by atoms with van der Waals surface area (Å²) in [6, 6.07) is 12.2. The summed E-state index contributed by atoms with van der Waals surface area (Å²) >= 11 is 3.00. The quantitative estimate of drug-likeness (QED) is 0.524. The minimum atomic E-state index is 0.00957. The summed E-state index contributed by atoms with van der Waals surface area (Å²) in [7, 11) is 0. The van der Waals surface area contributed by atoms with Gasteiger partial charge in [-0.25, -0.2) is 0 Å². The molecule has 0 saturated carbocycles. The maximum Gasteiger partial charge on any atom is 0.272 e. The van der Waals surface area contributed by atoms with Crippen molar-refractivity contribution in [3.63, 3.8) is 0 Å². The van der Waals surface area contributed by atoms with Crippen molar-refractivity contribution in [2.75, 3.05) is 6.26 Å². The minimum Gasteiger partial charge on any atom is -0.275 e. The molecule has 0 amide bonds. The number of rotatable bonds is 4.